The first kappa shape index (κ1) is 4.62. The van der Waals surface area contributed by atoms with Crippen molar-refractivity contribution in [2.75, 3.05) is 0 Å². The minimum atomic E-state index is 1.15. The predicted octanol–water partition coefficient (Wildman–Crippen LogP) is 1.97. The Balaban J connectivity index is 2.95. The van der Waals surface area contributed by atoms with Gasteiger partial charge in [0.1, 0.15) is 0 Å². The molecule has 0 aliphatic heterocycles. The van der Waals surface area contributed by atoms with Crippen LogP contribution in [-0.2, 0) is 0 Å². The molecule has 1 aromatic heterocycles. The molecule has 0 atom stereocenters. The minimum absolute atomic E-state index is 1.15. The standard InChI is InChI=1S/C8H6N/c1-2-4-8-7(3-1)5-6-9-8/h1-2,4-6,9H. The molecule has 43 valence electrons. The van der Waals surface area contributed by atoms with Crippen molar-refractivity contribution in [1.29, 1.82) is 0 Å². The third-order valence-corrected chi connectivity index (χ3v) is 1.38. The third-order valence-electron chi connectivity index (χ3n) is 1.38. The Kier molecular flexibility index (Phi) is 0.833. The molecule has 1 nitrogen and oxygen atoms in total. The van der Waals surface area contributed by atoms with E-state index in [1.54, 1.807) is 0 Å². The quantitative estimate of drug-likeness (QED) is 0.541. The number of benzene rings is 1. The molecule has 0 bridgehead atoms. The van der Waals surface area contributed by atoms with Crippen LogP contribution in [0.2, 0.25) is 0 Å². The molecular weight excluding hydrogens is 110 g/mol. The highest BCUT2D eigenvalue weighted by Gasteiger charge is 1.87. The Hall–Kier alpha value is -1.24. The topological polar surface area (TPSA) is 15.8 Å². The van der Waals surface area contributed by atoms with Crippen LogP contribution in [0.15, 0.2) is 30.5 Å². The van der Waals surface area contributed by atoms with Gasteiger partial charge in [-0.15, -0.1) is 0 Å². The van der Waals surface area contributed by atoms with Gasteiger partial charge >= 0.3 is 0 Å². The average molecular weight is 116 g/mol. The number of H-pyrrole nitrogens is 1. The number of rotatable bonds is 0. The summed E-state index contributed by atoms with van der Waals surface area (Å²) >= 11 is 0. The maximum absolute atomic E-state index is 3.10. The fraction of sp³-hybridized carbons (Fsp3) is 0. The van der Waals surface area contributed by atoms with Crippen LogP contribution in [0.5, 0.6) is 0 Å². The van der Waals surface area contributed by atoms with E-state index in [9.17, 15) is 0 Å². The van der Waals surface area contributed by atoms with Gasteiger partial charge in [0.15, 0.2) is 0 Å². The molecular formula is C8H6N. The summed E-state index contributed by atoms with van der Waals surface area (Å²) in [5.41, 5.74) is 1.15. The SMILES string of the molecule is [c]1cccc2[nH]ccc12. The molecule has 2 aromatic rings. The number of aromatic amines is 1. The molecule has 0 aliphatic carbocycles. The number of hydrogen-bond donors (Lipinski definition) is 1. The van der Waals surface area contributed by atoms with Crippen LogP contribution >= 0.6 is 0 Å². The van der Waals surface area contributed by atoms with E-state index in [0.29, 0.717) is 0 Å². The van der Waals surface area contributed by atoms with Gasteiger partial charge in [-0.25, -0.2) is 0 Å². The second-order valence-corrected chi connectivity index (χ2v) is 1.98. The van der Waals surface area contributed by atoms with Crippen LogP contribution in [0.1, 0.15) is 0 Å². The normalized spacial score (nSPS) is 10.2. The van der Waals surface area contributed by atoms with E-state index in [2.05, 4.69) is 11.1 Å². The van der Waals surface area contributed by atoms with E-state index in [0.717, 1.165) is 10.9 Å². The van der Waals surface area contributed by atoms with Crippen LogP contribution in [0.3, 0.4) is 0 Å². The molecule has 1 heterocycles. The lowest BCUT2D eigenvalue weighted by atomic mass is 10.3. The first-order valence-corrected chi connectivity index (χ1v) is 2.90. The molecule has 0 saturated heterocycles. The molecule has 1 aromatic carbocycles. The summed E-state index contributed by atoms with van der Waals surface area (Å²) in [6.45, 7) is 0. The molecule has 1 radical (unpaired) electrons. The van der Waals surface area contributed by atoms with E-state index in [-0.39, 0.29) is 0 Å². The zero-order valence-corrected chi connectivity index (χ0v) is 4.89. The molecule has 1 heteroatoms. The van der Waals surface area contributed by atoms with Crippen LogP contribution in [0.25, 0.3) is 10.9 Å². The smallest absolute Gasteiger partial charge is 0.0460 e. The van der Waals surface area contributed by atoms with E-state index in [1.165, 1.54) is 0 Å². The maximum atomic E-state index is 3.10. The Morgan fingerprint density at radius 1 is 1.33 bits per heavy atom. The highest BCUT2D eigenvalue weighted by Crippen LogP contribution is 2.08. The Morgan fingerprint density at radius 2 is 2.33 bits per heavy atom. The Labute approximate surface area is 53.3 Å². The van der Waals surface area contributed by atoms with Gasteiger partial charge in [-0.3, -0.25) is 0 Å². The lowest BCUT2D eigenvalue weighted by Gasteiger charge is -1.82. The van der Waals surface area contributed by atoms with Gasteiger partial charge in [0, 0.05) is 17.1 Å². The summed E-state index contributed by atoms with van der Waals surface area (Å²) in [5.74, 6) is 0. The van der Waals surface area contributed by atoms with Crippen molar-refractivity contribution in [2.45, 2.75) is 0 Å². The predicted molar refractivity (Wildman–Crippen MR) is 37.1 cm³/mol. The molecule has 0 saturated carbocycles. The van der Waals surface area contributed by atoms with Gasteiger partial charge in [-0.1, -0.05) is 12.1 Å². The van der Waals surface area contributed by atoms with Gasteiger partial charge in [-0.2, -0.15) is 0 Å². The zero-order valence-electron chi connectivity index (χ0n) is 4.89. The molecule has 9 heavy (non-hydrogen) atoms. The highest BCUT2D eigenvalue weighted by molar-refractivity contribution is 5.78. The lowest BCUT2D eigenvalue weighted by molar-refractivity contribution is 1.48. The summed E-state index contributed by atoms with van der Waals surface area (Å²) in [6, 6.07) is 11.0. The van der Waals surface area contributed by atoms with Gasteiger partial charge in [0.25, 0.3) is 0 Å². The van der Waals surface area contributed by atoms with E-state index < -0.39 is 0 Å². The molecule has 0 amide bonds. The fourth-order valence-electron chi connectivity index (χ4n) is 0.928. The number of hydrogen-bond acceptors (Lipinski definition) is 0. The summed E-state index contributed by atoms with van der Waals surface area (Å²) in [5, 5.41) is 1.15. The molecule has 0 fully saturated rings. The van der Waals surface area contributed by atoms with Crippen molar-refractivity contribution in [3.8, 4) is 0 Å². The second-order valence-electron chi connectivity index (χ2n) is 1.98. The van der Waals surface area contributed by atoms with Crippen molar-refractivity contribution in [3.63, 3.8) is 0 Å². The van der Waals surface area contributed by atoms with Crippen molar-refractivity contribution >= 4 is 10.9 Å². The van der Waals surface area contributed by atoms with Gasteiger partial charge in [-0.05, 0) is 18.2 Å². The Bertz CT molecular complexity index is 279. The summed E-state index contributed by atoms with van der Waals surface area (Å²) < 4.78 is 0. The van der Waals surface area contributed by atoms with E-state index >= 15 is 0 Å². The van der Waals surface area contributed by atoms with Crippen molar-refractivity contribution in [2.24, 2.45) is 0 Å². The van der Waals surface area contributed by atoms with Gasteiger partial charge in [0.05, 0.1) is 0 Å². The van der Waals surface area contributed by atoms with E-state index in [1.807, 2.05) is 30.5 Å². The number of fused-ring (bicyclic) bond motifs is 1. The van der Waals surface area contributed by atoms with Gasteiger partial charge < -0.3 is 4.98 Å². The minimum Gasteiger partial charge on any atom is -0.361 e. The number of nitrogens with one attached hydrogen (secondary N) is 1. The summed E-state index contributed by atoms with van der Waals surface area (Å²) in [4.78, 5) is 3.09. The van der Waals surface area contributed by atoms with Crippen molar-refractivity contribution < 1.29 is 0 Å². The molecule has 0 spiro atoms. The van der Waals surface area contributed by atoms with Crippen LogP contribution in [0.4, 0.5) is 0 Å². The molecule has 0 unspecified atom stereocenters. The van der Waals surface area contributed by atoms with E-state index in [4.69, 9.17) is 0 Å². The molecule has 2 rings (SSSR count). The van der Waals surface area contributed by atoms with Crippen LogP contribution in [-0.4, -0.2) is 4.98 Å². The maximum Gasteiger partial charge on any atom is 0.0460 e. The fourth-order valence-corrected chi connectivity index (χ4v) is 0.928. The largest absolute Gasteiger partial charge is 0.361 e. The number of aromatic nitrogens is 1. The monoisotopic (exact) mass is 116 g/mol. The van der Waals surface area contributed by atoms with Crippen LogP contribution < -0.4 is 0 Å². The first-order chi connectivity index (χ1) is 4.47. The lowest BCUT2D eigenvalue weighted by Crippen LogP contribution is -1.62. The first-order valence-electron chi connectivity index (χ1n) is 2.90. The second kappa shape index (κ2) is 1.62. The molecule has 0 aliphatic rings. The molecule has 1 N–H and O–H groups in total. The van der Waals surface area contributed by atoms with Crippen molar-refractivity contribution in [3.05, 3.63) is 36.5 Å². The Morgan fingerprint density at radius 3 is 3.22 bits per heavy atom. The zero-order chi connectivity index (χ0) is 6.10. The average Bonchev–Trinajstić information content (AvgIpc) is 2.33. The van der Waals surface area contributed by atoms with Gasteiger partial charge in [0.2, 0.25) is 0 Å². The summed E-state index contributed by atoms with van der Waals surface area (Å²) in [6.07, 6.45) is 1.92. The summed E-state index contributed by atoms with van der Waals surface area (Å²) in [7, 11) is 0. The highest BCUT2D eigenvalue weighted by atomic mass is 14.6. The van der Waals surface area contributed by atoms with Crippen molar-refractivity contribution in [1.82, 2.24) is 4.98 Å². The third kappa shape index (κ3) is 0.617. The van der Waals surface area contributed by atoms with Crippen LogP contribution in [0, 0.1) is 6.07 Å².